The van der Waals surface area contributed by atoms with Crippen LogP contribution in [0.4, 0.5) is 0 Å². The standard InChI is InChI=1S/C30H44N4O2/c1-20-6-13-26(36-20)27(35)34(18-22-9-7-21(8-10-22)17-33-28(31)32)19-23-11-12-24-25(16-23)30(4,5)15-14-29(24,2)3/h6,11-13,16,21-22H,7-10,14-15,17-19H2,1-5H3,(H4,31,32,33). The summed E-state index contributed by atoms with van der Waals surface area (Å²) < 4.78 is 5.75. The predicted octanol–water partition coefficient (Wildman–Crippen LogP) is 5.66. The average Bonchev–Trinajstić information content (AvgIpc) is 3.27. The second kappa shape index (κ2) is 10.3. The smallest absolute Gasteiger partial charge is 0.289 e. The van der Waals surface area contributed by atoms with E-state index >= 15 is 0 Å². The van der Waals surface area contributed by atoms with Crippen LogP contribution < -0.4 is 11.5 Å². The largest absolute Gasteiger partial charge is 0.456 e. The van der Waals surface area contributed by atoms with E-state index in [1.165, 1.54) is 29.5 Å². The van der Waals surface area contributed by atoms with Gasteiger partial charge in [0.15, 0.2) is 11.7 Å². The number of aliphatic imine (C=N–C) groups is 1. The zero-order chi connectivity index (χ0) is 26.1. The number of guanidine groups is 1. The molecule has 6 nitrogen and oxygen atoms in total. The van der Waals surface area contributed by atoms with Crippen molar-refractivity contribution in [1.29, 1.82) is 0 Å². The van der Waals surface area contributed by atoms with E-state index in [0.29, 0.717) is 30.7 Å². The molecule has 0 unspecified atom stereocenters. The van der Waals surface area contributed by atoms with Gasteiger partial charge >= 0.3 is 0 Å². The first-order valence-electron chi connectivity index (χ1n) is 13.5. The fourth-order valence-electron chi connectivity index (χ4n) is 6.02. The third-order valence-electron chi connectivity index (χ3n) is 8.51. The number of furan rings is 1. The van der Waals surface area contributed by atoms with Crippen LogP contribution in [-0.4, -0.2) is 29.9 Å². The Kier molecular flexibility index (Phi) is 7.53. The van der Waals surface area contributed by atoms with Crippen molar-refractivity contribution in [3.63, 3.8) is 0 Å². The van der Waals surface area contributed by atoms with Crippen molar-refractivity contribution in [3.8, 4) is 0 Å². The highest BCUT2D eigenvalue weighted by molar-refractivity contribution is 5.91. The van der Waals surface area contributed by atoms with Gasteiger partial charge in [-0.3, -0.25) is 9.79 Å². The van der Waals surface area contributed by atoms with Crippen LogP contribution in [0.2, 0.25) is 0 Å². The summed E-state index contributed by atoms with van der Waals surface area (Å²) >= 11 is 0. The number of nitrogens with zero attached hydrogens (tertiary/aromatic N) is 2. The highest BCUT2D eigenvalue weighted by Gasteiger charge is 2.37. The number of fused-ring (bicyclic) bond motifs is 1. The van der Waals surface area contributed by atoms with E-state index in [1.807, 2.05) is 17.9 Å². The first kappa shape index (κ1) is 26.3. The molecule has 1 heterocycles. The monoisotopic (exact) mass is 492 g/mol. The number of hydrogen-bond acceptors (Lipinski definition) is 3. The lowest BCUT2D eigenvalue weighted by molar-refractivity contribution is 0.0657. The molecule has 36 heavy (non-hydrogen) atoms. The summed E-state index contributed by atoms with van der Waals surface area (Å²) in [6.45, 7) is 13.3. The zero-order valence-corrected chi connectivity index (χ0v) is 22.8. The SMILES string of the molecule is Cc1ccc(C(=O)N(Cc2ccc3c(c2)C(C)(C)CCC3(C)C)CC2CCC(CN=C(N)N)CC2)o1. The Morgan fingerprint density at radius 3 is 2.22 bits per heavy atom. The van der Waals surface area contributed by atoms with Gasteiger partial charge in [-0.25, -0.2) is 0 Å². The van der Waals surface area contributed by atoms with Gasteiger partial charge in [-0.05, 0) is 96.9 Å². The van der Waals surface area contributed by atoms with Crippen molar-refractivity contribution in [2.75, 3.05) is 13.1 Å². The third-order valence-corrected chi connectivity index (χ3v) is 8.51. The Bertz CT molecular complexity index is 1100. The van der Waals surface area contributed by atoms with Crippen molar-refractivity contribution in [1.82, 2.24) is 4.90 Å². The van der Waals surface area contributed by atoms with Crippen molar-refractivity contribution in [2.24, 2.45) is 28.3 Å². The molecule has 2 aromatic rings. The molecule has 1 saturated carbocycles. The topological polar surface area (TPSA) is 97.8 Å². The van der Waals surface area contributed by atoms with Gasteiger partial charge < -0.3 is 20.8 Å². The van der Waals surface area contributed by atoms with Crippen LogP contribution >= 0.6 is 0 Å². The number of aryl methyl sites for hydroxylation is 1. The minimum Gasteiger partial charge on any atom is -0.456 e. The molecule has 6 heteroatoms. The number of benzene rings is 1. The van der Waals surface area contributed by atoms with Gasteiger partial charge in [0, 0.05) is 19.6 Å². The maximum atomic E-state index is 13.6. The van der Waals surface area contributed by atoms with Crippen LogP contribution in [-0.2, 0) is 17.4 Å². The lowest BCUT2D eigenvalue weighted by Crippen LogP contribution is -2.37. The first-order valence-corrected chi connectivity index (χ1v) is 13.5. The highest BCUT2D eigenvalue weighted by atomic mass is 16.3. The van der Waals surface area contributed by atoms with Crippen molar-refractivity contribution in [3.05, 3.63) is 58.5 Å². The fraction of sp³-hybridized carbons (Fsp3) is 0.600. The van der Waals surface area contributed by atoms with E-state index < -0.39 is 0 Å². The number of carbonyl (C=O) groups excluding carboxylic acids is 1. The number of nitrogens with two attached hydrogens (primary N) is 2. The lowest BCUT2D eigenvalue weighted by Gasteiger charge is -2.42. The molecule has 0 radical (unpaired) electrons. The molecule has 196 valence electrons. The molecule has 4 N–H and O–H groups in total. The minimum atomic E-state index is -0.0250. The Morgan fingerprint density at radius 1 is 0.972 bits per heavy atom. The van der Waals surface area contributed by atoms with Crippen LogP contribution in [0.1, 0.15) is 99.2 Å². The normalized spacial score (nSPS) is 22.5. The van der Waals surface area contributed by atoms with Gasteiger partial charge in [-0.1, -0.05) is 45.9 Å². The van der Waals surface area contributed by atoms with Gasteiger partial charge in [0.1, 0.15) is 5.76 Å². The summed E-state index contributed by atoms with van der Waals surface area (Å²) in [7, 11) is 0. The molecule has 4 rings (SSSR count). The molecule has 1 aromatic carbocycles. The van der Waals surface area contributed by atoms with Crippen molar-refractivity contribution in [2.45, 2.75) is 90.5 Å². The molecule has 0 spiro atoms. The van der Waals surface area contributed by atoms with E-state index in [-0.39, 0.29) is 22.7 Å². The highest BCUT2D eigenvalue weighted by Crippen LogP contribution is 2.46. The minimum absolute atomic E-state index is 0.0250. The molecule has 2 aliphatic carbocycles. The summed E-state index contributed by atoms with van der Waals surface area (Å²) in [5.74, 6) is 2.31. The second-order valence-corrected chi connectivity index (χ2v) is 12.4. The zero-order valence-electron chi connectivity index (χ0n) is 22.8. The lowest BCUT2D eigenvalue weighted by atomic mass is 9.63. The molecule has 1 fully saturated rings. The van der Waals surface area contributed by atoms with E-state index in [4.69, 9.17) is 15.9 Å². The quantitative estimate of drug-likeness (QED) is 0.385. The maximum absolute atomic E-state index is 13.6. The van der Waals surface area contributed by atoms with E-state index in [2.05, 4.69) is 50.9 Å². The Balaban J connectivity index is 1.53. The maximum Gasteiger partial charge on any atom is 0.289 e. The van der Waals surface area contributed by atoms with E-state index in [9.17, 15) is 4.79 Å². The number of amides is 1. The number of carbonyl (C=O) groups is 1. The second-order valence-electron chi connectivity index (χ2n) is 12.4. The van der Waals surface area contributed by atoms with Crippen LogP contribution in [0.3, 0.4) is 0 Å². The van der Waals surface area contributed by atoms with Crippen LogP contribution in [0.25, 0.3) is 0 Å². The number of hydrogen-bond donors (Lipinski definition) is 2. The molecule has 0 saturated heterocycles. The van der Waals surface area contributed by atoms with Gasteiger partial charge in [0.25, 0.3) is 5.91 Å². The fourth-order valence-corrected chi connectivity index (χ4v) is 6.02. The molecule has 0 aliphatic heterocycles. The predicted molar refractivity (Wildman–Crippen MR) is 146 cm³/mol. The number of rotatable bonds is 7. The molecule has 0 atom stereocenters. The van der Waals surface area contributed by atoms with Gasteiger partial charge in [-0.15, -0.1) is 0 Å². The third kappa shape index (κ3) is 5.96. The van der Waals surface area contributed by atoms with E-state index in [1.54, 1.807) is 6.07 Å². The Morgan fingerprint density at radius 2 is 1.61 bits per heavy atom. The van der Waals surface area contributed by atoms with Crippen LogP contribution in [0.5, 0.6) is 0 Å². The summed E-state index contributed by atoms with van der Waals surface area (Å²) in [5, 5.41) is 0. The van der Waals surface area contributed by atoms with Crippen LogP contribution in [0, 0.1) is 18.8 Å². The molecular weight excluding hydrogens is 448 g/mol. The average molecular weight is 493 g/mol. The summed E-state index contributed by atoms with van der Waals surface area (Å²) in [6, 6.07) is 10.6. The van der Waals surface area contributed by atoms with Crippen molar-refractivity contribution >= 4 is 11.9 Å². The van der Waals surface area contributed by atoms with Gasteiger partial charge in [0.05, 0.1) is 0 Å². The van der Waals surface area contributed by atoms with Crippen LogP contribution in [0.15, 0.2) is 39.7 Å². The Hall–Kier alpha value is -2.76. The van der Waals surface area contributed by atoms with Gasteiger partial charge in [0.2, 0.25) is 0 Å². The van der Waals surface area contributed by atoms with Crippen molar-refractivity contribution < 1.29 is 9.21 Å². The summed E-state index contributed by atoms with van der Waals surface area (Å²) in [6.07, 6.45) is 6.71. The van der Waals surface area contributed by atoms with Gasteiger partial charge in [-0.2, -0.15) is 0 Å². The molecule has 0 bridgehead atoms. The molecule has 1 aromatic heterocycles. The molecule has 1 amide bonds. The summed E-state index contributed by atoms with van der Waals surface area (Å²) in [4.78, 5) is 19.8. The first-order chi connectivity index (χ1) is 16.9. The van der Waals surface area contributed by atoms with E-state index in [0.717, 1.165) is 38.0 Å². The summed E-state index contributed by atoms with van der Waals surface area (Å²) in [5.41, 5.74) is 15.4. The molecular formula is C30H44N4O2. The Labute approximate surface area is 216 Å². The molecule has 2 aliphatic rings.